The molecule has 3 nitrogen and oxygen atoms in total. The van der Waals surface area contributed by atoms with Crippen LogP contribution in [0.3, 0.4) is 0 Å². The number of hydrogen-bond donors (Lipinski definition) is 1. The second-order valence-corrected chi connectivity index (χ2v) is 6.59. The van der Waals surface area contributed by atoms with Gasteiger partial charge in [-0.3, -0.25) is 0 Å². The van der Waals surface area contributed by atoms with E-state index in [1.54, 1.807) is 6.07 Å². The molecule has 2 aliphatic carbocycles. The first-order chi connectivity index (χ1) is 8.15. The number of halogens is 1. The van der Waals surface area contributed by atoms with Crippen LogP contribution >= 0.6 is 22.6 Å². The molecule has 0 aliphatic heterocycles. The Morgan fingerprint density at radius 3 is 2.47 bits per heavy atom. The van der Waals surface area contributed by atoms with Crippen molar-refractivity contribution in [1.29, 1.82) is 0 Å². The quantitative estimate of drug-likeness (QED) is 0.833. The Morgan fingerprint density at radius 1 is 1.41 bits per heavy atom. The van der Waals surface area contributed by atoms with E-state index < -0.39 is 5.97 Å². The average molecular weight is 345 g/mol. The summed E-state index contributed by atoms with van der Waals surface area (Å²) in [6.07, 6.45) is 7.37. The highest BCUT2D eigenvalue weighted by atomic mass is 127. The van der Waals surface area contributed by atoms with Crippen LogP contribution in [0.1, 0.15) is 36.2 Å². The van der Waals surface area contributed by atoms with Crippen LogP contribution in [0.4, 0.5) is 0 Å². The molecule has 0 aromatic carbocycles. The third-order valence-electron chi connectivity index (χ3n) is 3.94. The van der Waals surface area contributed by atoms with Gasteiger partial charge in [0, 0.05) is 16.3 Å². The SMILES string of the molecule is O=C(O)c1cc(I)cn1CC(C1CC1)C1CC1. The molecule has 1 aromatic rings. The number of hydrogen-bond acceptors (Lipinski definition) is 1. The van der Waals surface area contributed by atoms with Gasteiger partial charge in [0.2, 0.25) is 0 Å². The van der Waals surface area contributed by atoms with E-state index in [1.165, 1.54) is 25.7 Å². The molecule has 2 aliphatic rings. The van der Waals surface area contributed by atoms with Gasteiger partial charge >= 0.3 is 5.97 Å². The molecule has 1 heterocycles. The van der Waals surface area contributed by atoms with Crippen molar-refractivity contribution in [3.8, 4) is 0 Å². The van der Waals surface area contributed by atoms with Crippen molar-refractivity contribution < 1.29 is 9.90 Å². The molecule has 0 atom stereocenters. The lowest BCUT2D eigenvalue weighted by molar-refractivity contribution is 0.0683. The zero-order valence-electron chi connectivity index (χ0n) is 9.60. The monoisotopic (exact) mass is 345 g/mol. The minimum absolute atomic E-state index is 0.445. The van der Waals surface area contributed by atoms with Gasteiger partial charge in [0.25, 0.3) is 0 Å². The van der Waals surface area contributed by atoms with Crippen molar-refractivity contribution in [3.63, 3.8) is 0 Å². The van der Waals surface area contributed by atoms with E-state index in [0.29, 0.717) is 5.69 Å². The Hall–Kier alpha value is -0.520. The van der Waals surface area contributed by atoms with Gasteiger partial charge in [0.15, 0.2) is 0 Å². The minimum Gasteiger partial charge on any atom is -0.477 e. The van der Waals surface area contributed by atoms with Crippen LogP contribution < -0.4 is 0 Å². The van der Waals surface area contributed by atoms with E-state index in [2.05, 4.69) is 22.6 Å². The van der Waals surface area contributed by atoms with Crippen molar-refractivity contribution in [1.82, 2.24) is 4.57 Å². The number of aromatic carboxylic acids is 1. The van der Waals surface area contributed by atoms with Crippen LogP contribution in [0.15, 0.2) is 12.3 Å². The maximum Gasteiger partial charge on any atom is 0.352 e. The molecule has 0 spiro atoms. The van der Waals surface area contributed by atoms with E-state index in [1.807, 2.05) is 10.8 Å². The summed E-state index contributed by atoms with van der Waals surface area (Å²) in [5.74, 6) is 1.64. The molecule has 0 saturated heterocycles. The van der Waals surface area contributed by atoms with Gasteiger partial charge in [-0.2, -0.15) is 0 Å². The Bertz CT molecular complexity index is 434. The molecule has 0 amide bonds. The maximum absolute atomic E-state index is 11.2. The summed E-state index contributed by atoms with van der Waals surface area (Å²) in [6, 6.07) is 1.76. The number of carbonyl (C=O) groups is 1. The fourth-order valence-electron chi connectivity index (χ4n) is 2.76. The predicted molar refractivity (Wildman–Crippen MR) is 73.0 cm³/mol. The number of aromatic nitrogens is 1. The van der Waals surface area contributed by atoms with Crippen molar-refractivity contribution >= 4 is 28.6 Å². The zero-order chi connectivity index (χ0) is 12.0. The Balaban J connectivity index is 1.80. The molecule has 1 N–H and O–H groups in total. The van der Waals surface area contributed by atoms with Crippen LogP contribution in [0.25, 0.3) is 0 Å². The maximum atomic E-state index is 11.2. The van der Waals surface area contributed by atoms with E-state index in [4.69, 9.17) is 0 Å². The summed E-state index contributed by atoms with van der Waals surface area (Å²) in [5.41, 5.74) is 0.445. The van der Waals surface area contributed by atoms with Crippen LogP contribution in [-0.2, 0) is 6.54 Å². The normalized spacial score (nSPS) is 19.9. The Morgan fingerprint density at radius 2 is 2.00 bits per heavy atom. The lowest BCUT2D eigenvalue weighted by Crippen LogP contribution is -2.17. The third-order valence-corrected chi connectivity index (χ3v) is 4.53. The lowest BCUT2D eigenvalue weighted by Gasteiger charge is -2.17. The van der Waals surface area contributed by atoms with E-state index >= 15 is 0 Å². The van der Waals surface area contributed by atoms with Gasteiger partial charge in [-0.15, -0.1) is 0 Å². The highest BCUT2D eigenvalue weighted by molar-refractivity contribution is 14.1. The van der Waals surface area contributed by atoms with Crippen LogP contribution in [0.5, 0.6) is 0 Å². The summed E-state index contributed by atoms with van der Waals surface area (Å²) >= 11 is 2.19. The highest BCUT2D eigenvalue weighted by Gasteiger charge is 2.41. The number of rotatable bonds is 5. The molecule has 0 radical (unpaired) electrons. The van der Waals surface area contributed by atoms with Gasteiger partial charge in [-0.1, -0.05) is 0 Å². The Kier molecular flexibility index (Phi) is 2.92. The van der Waals surface area contributed by atoms with E-state index in [-0.39, 0.29) is 0 Å². The summed E-state index contributed by atoms with van der Waals surface area (Å²) < 4.78 is 2.97. The average Bonchev–Trinajstić information content (AvgIpc) is 3.14. The molecule has 4 heteroatoms. The smallest absolute Gasteiger partial charge is 0.352 e. The van der Waals surface area contributed by atoms with Crippen molar-refractivity contribution in [2.75, 3.05) is 0 Å². The minimum atomic E-state index is -0.807. The molecular weight excluding hydrogens is 329 g/mol. The van der Waals surface area contributed by atoms with Crippen LogP contribution in [0.2, 0.25) is 0 Å². The van der Waals surface area contributed by atoms with Gasteiger partial charge in [0.05, 0.1) is 0 Å². The summed E-state index contributed by atoms with van der Waals surface area (Å²) in [7, 11) is 0. The largest absolute Gasteiger partial charge is 0.477 e. The fraction of sp³-hybridized carbons (Fsp3) is 0.615. The van der Waals surface area contributed by atoms with E-state index in [0.717, 1.165) is 27.9 Å². The molecular formula is C13H16INO2. The third kappa shape index (κ3) is 2.51. The number of carboxylic acids is 1. The van der Waals surface area contributed by atoms with Crippen molar-refractivity contribution in [2.45, 2.75) is 32.2 Å². The first-order valence-corrected chi connectivity index (χ1v) is 7.32. The summed E-state index contributed by atoms with van der Waals surface area (Å²) in [4.78, 5) is 11.2. The molecule has 92 valence electrons. The fourth-order valence-corrected chi connectivity index (χ4v) is 3.39. The lowest BCUT2D eigenvalue weighted by atomic mass is 9.98. The summed E-state index contributed by atoms with van der Waals surface area (Å²) in [6.45, 7) is 0.903. The second-order valence-electron chi connectivity index (χ2n) is 5.34. The van der Waals surface area contributed by atoms with Gasteiger partial charge in [0.1, 0.15) is 5.69 Å². The molecule has 0 bridgehead atoms. The van der Waals surface area contributed by atoms with Gasteiger partial charge in [-0.25, -0.2) is 4.79 Å². The first kappa shape index (κ1) is 11.6. The number of carboxylic acid groups (broad SMARTS) is 1. The van der Waals surface area contributed by atoms with Crippen LogP contribution in [-0.4, -0.2) is 15.6 Å². The molecule has 2 saturated carbocycles. The Labute approximate surface area is 114 Å². The first-order valence-electron chi connectivity index (χ1n) is 6.24. The van der Waals surface area contributed by atoms with Crippen molar-refractivity contribution in [3.05, 3.63) is 21.5 Å². The standard InChI is InChI=1S/C13H16INO2/c14-10-5-12(13(16)17)15(6-10)7-11(8-1-2-8)9-3-4-9/h5-6,8-9,11H,1-4,7H2,(H,16,17). The molecule has 3 rings (SSSR count). The van der Waals surface area contributed by atoms with Crippen molar-refractivity contribution in [2.24, 2.45) is 17.8 Å². The van der Waals surface area contributed by atoms with E-state index in [9.17, 15) is 9.90 Å². The zero-order valence-corrected chi connectivity index (χ0v) is 11.8. The molecule has 0 unspecified atom stereocenters. The highest BCUT2D eigenvalue weighted by Crippen LogP contribution is 2.50. The number of nitrogens with zero attached hydrogens (tertiary/aromatic N) is 1. The van der Waals surface area contributed by atoms with Gasteiger partial charge in [-0.05, 0) is 72.1 Å². The molecule has 17 heavy (non-hydrogen) atoms. The second kappa shape index (κ2) is 4.30. The summed E-state index contributed by atoms with van der Waals surface area (Å²) in [5, 5.41) is 9.18. The topological polar surface area (TPSA) is 42.2 Å². The predicted octanol–water partition coefficient (Wildman–Crippen LogP) is 3.23. The molecule has 1 aromatic heterocycles. The molecule has 2 fully saturated rings. The van der Waals surface area contributed by atoms with Gasteiger partial charge < -0.3 is 9.67 Å². The van der Waals surface area contributed by atoms with Crippen LogP contribution in [0, 0.1) is 21.3 Å².